The lowest BCUT2D eigenvalue weighted by molar-refractivity contribution is 0.105. The summed E-state index contributed by atoms with van der Waals surface area (Å²) in [7, 11) is 0. The van der Waals surface area contributed by atoms with E-state index in [0.29, 0.717) is 28.9 Å². The molecule has 0 aliphatic heterocycles. The number of halogens is 2. The highest BCUT2D eigenvalue weighted by molar-refractivity contribution is 6.37. The van der Waals surface area contributed by atoms with Gasteiger partial charge in [0.15, 0.2) is 11.5 Å². The van der Waals surface area contributed by atoms with Gasteiger partial charge in [-0.05, 0) is 19.1 Å². The van der Waals surface area contributed by atoms with E-state index in [1.54, 1.807) is 18.2 Å². The SMILES string of the molecule is Cc1cc(CNCC(O)COc2c(Cl)cccc2Cl)on1. The van der Waals surface area contributed by atoms with Crippen LogP contribution in [0.3, 0.4) is 0 Å². The lowest BCUT2D eigenvalue weighted by Crippen LogP contribution is -2.31. The Kier molecular flexibility index (Phi) is 5.87. The number of nitrogens with one attached hydrogen (secondary N) is 1. The summed E-state index contributed by atoms with van der Waals surface area (Å²) in [6, 6.07) is 6.92. The van der Waals surface area contributed by atoms with Crippen molar-refractivity contribution in [1.29, 1.82) is 0 Å². The lowest BCUT2D eigenvalue weighted by atomic mass is 10.3. The van der Waals surface area contributed by atoms with Gasteiger partial charge in [0.25, 0.3) is 0 Å². The van der Waals surface area contributed by atoms with Gasteiger partial charge < -0.3 is 19.7 Å². The fraction of sp³-hybridized carbons (Fsp3) is 0.357. The van der Waals surface area contributed by atoms with Gasteiger partial charge in [0.05, 0.1) is 22.3 Å². The largest absolute Gasteiger partial charge is 0.488 e. The Balaban J connectivity index is 1.73. The second-order valence-corrected chi connectivity index (χ2v) is 5.40. The van der Waals surface area contributed by atoms with Crippen molar-refractivity contribution in [3.05, 3.63) is 45.8 Å². The first-order valence-corrected chi connectivity index (χ1v) is 7.19. The highest BCUT2D eigenvalue weighted by atomic mass is 35.5. The molecule has 114 valence electrons. The number of aryl methyl sites for hydroxylation is 1. The van der Waals surface area contributed by atoms with E-state index in [4.69, 9.17) is 32.5 Å². The summed E-state index contributed by atoms with van der Waals surface area (Å²) in [6.07, 6.45) is -0.693. The molecule has 21 heavy (non-hydrogen) atoms. The molecule has 0 saturated carbocycles. The Morgan fingerprint density at radius 2 is 2.10 bits per heavy atom. The Morgan fingerprint density at radius 1 is 1.38 bits per heavy atom. The zero-order valence-corrected chi connectivity index (χ0v) is 13.0. The van der Waals surface area contributed by atoms with Crippen LogP contribution < -0.4 is 10.1 Å². The minimum atomic E-state index is -0.693. The zero-order valence-electron chi connectivity index (χ0n) is 11.5. The summed E-state index contributed by atoms with van der Waals surface area (Å²) < 4.78 is 10.5. The van der Waals surface area contributed by atoms with Gasteiger partial charge >= 0.3 is 0 Å². The molecule has 0 fully saturated rings. The average molecular weight is 331 g/mol. The van der Waals surface area contributed by atoms with Gasteiger partial charge in [-0.25, -0.2) is 0 Å². The first-order chi connectivity index (χ1) is 10.1. The summed E-state index contributed by atoms with van der Waals surface area (Å²) in [5.74, 6) is 1.10. The van der Waals surface area contributed by atoms with Crippen LogP contribution in [-0.4, -0.2) is 29.5 Å². The average Bonchev–Trinajstić information content (AvgIpc) is 2.84. The molecule has 0 spiro atoms. The molecule has 0 aliphatic rings. The molecule has 0 aliphatic carbocycles. The number of aliphatic hydroxyl groups is 1. The van der Waals surface area contributed by atoms with Crippen LogP contribution in [0.1, 0.15) is 11.5 Å². The fourth-order valence-corrected chi connectivity index (χ4v) is 2.23. The summed E-state index contributed by atoms with van der Waals surface area (Å²) in [5.41, 5.74) is 0.823. The molecule has 1 aromatic carbocycles. The van der Waals surface area contributed by atoms with Crippen LogP contribution in [-0.2, 0) is 6.54 Å². The van der Waals surface area contributed by atoms with E-state index in [2.05, 4.69) is 10.5 Å². The first kappa shape index (κ1) is 16.1. The van der Waals surface area contributed by atoms with E-state index in [-0.39, 0.29) is 6.61 Å². The molecule has 1 unspecified atom stereocenters. The number of para-hydroxylation sites is 1. The summed E-state index contributed by atoms with van der Waals surface area (Å²) in [6.45, 7) is 2.78. The van der Waals surface area contributed by atoms with Gasteiger partial charge in [-0.3, -0.25) is 0 Å². The molecule has 2 rings (SSSR count). The maximum absolute atomic E-state index is 9.86. The Morgan fingerprint density at radius 3 is 2.71 bits per heavy atom. The van der Waals surface area contributed by atoms with Gasteiger partial charge in [0, 0.05) is 12.6 Å². The Bertz CT molecular complexity index is 569. The number of benzene rings is 1. The van der Waals surface area contributed by atoms with Gasteiger partial charge in [0.1, 0.15) is 12.7 Å². The van der Waals surface area contributed by atoms with Crippen molar-refractivity contribution in [3.63, 3.8) is 0 Å². The Hall–Kier alpha value is -1.27. The van der Waals surface area contributed by atoms with E-state index < -0.39 is 6.10 Å². The highest BCUT2D eigenvalue weighted by Gasteiger charge is 2.10. The predicted octanol–water partition coefficient (Wildman–Crippen LogP) is 2.82. The molecule has 0 amide bonds. The highest BCUT2D eigenvalue weighted by Crippen LogP contribution is 2.32. The maximum atomic E-state index is 9.86. The summed E-state index contributed by atoms with van der Waals surface area (Å²) >= 11 is 11.9. The van der Waals surface area contributed by atoms with Crippen molar-refractivity contribution >= 4 is 23.2 Å². The van der Waals surface area contributed by atoms with E-state index in [0.717, 1.165) is 11.5 Å². The van der Waals surface area contributed by atoms with Gasteiger partial charge in [-0.1, -0.05) is 34.4 Å². The zero-order chi connectivity index (χ0) is 15.2. The van der Waals surface area contributed by atoms with Crippen molar-refractivity contribution in [2.24, 2.45) is 0 Å². The minimum absolute atomic E-state index is 0.0892. The number of rotatable bonds is 7. The van der Waals surface area contributed by atoms with Crippen LogP contribution in [0.25, 0.3) is 0 Å². The number of aliphatic hydroxyl groups excluding tert-OH is 1. The smallest absolute Gasteiger partial charge is 0.156 e. The molecule has 1 atom stereocenters. The first-order valence-electron chi connectivity index (χ1n) is 6.44. The quantitative estimate of drug-likeness (QED) is 0.817. The van der Waals surface area contributed by atoms with E-state index in [1.165, 1.54) is 0 Å². The van der Waals surface area contributed by atoms with Crippen LogP contribution >= 0.6 is 23.2 Å². The third-order valence-corrected chi connectivity index (χ3v) is 3.29. The molecule has 7 heteroatoms. The molecule has 0 bridgehead atoms. The number of ether oxygens (including phenoxy) is 1. The van der Waals surface area contributed by atoms with Crippen molar-refractivity contribution in [2.75, 3.05) is 13.2 Å². The molecule has 1 heterocycles. The summed E-state index contributed by atoms with van der Waals surface area (Å²) in [5, 5.41) is 17.5. The van der Waals surface area contributed by atoms with E-state index in [1.807, 2.05) is 13.0 Å². The molecule has 0 saturated heterocycles. The topological polar surface area (TPSA) is 67.5 Å². The minimum Gasteiger partial charge on any atom is -0.488 e. The van der Waals surface area contributed by atoms with Gasteiger partial charge in [-0.15, -0.1) is 0 Å². The molecule has 5 nitrogen and oxygen atoms in total. The van der Waals surface area contributed by atoms with E-state index in [9.17, 15) is 5.11 Å². The third kappa shape index (κ3) is 4.89. The number of nitrogens with zero attached hydrogens (tertiary/aromatic N) is 1. The van der Waals surface area contributed by atoms with Gasteiger partial charge in [0.2, 0.25) is 0 Å². The van der Waals surface area contributed by atoms with Crippen LogP contribution in [0.4, 0.5) is 0 Å². The monoisotopic (exact) mass is 330 g/mol. The van der Waals surface area contributed by atoms with E-state index >= 15 is 0 Å². The molecule has 1 aromatic heterocycles. The third-order valence-electron chi connectivity index (χ3n) is 2.69. The normalized spacial score (nSPS) is 12.4. The lowest BCUT2D eigenvalue weighted by Gasteiger charge is -2.14. The van der Waals surface area contributed by atoms with Crippen molar-refractivity contribution in [1.82, 2.24) is 10.5 Å². The summed E-state index contributed by atoms with van der Waals surface area (Å²) in [4.78, 5) is 0. The molecule has 0 radical (unpaired) electrons. The molecule has 2 N–H and O–H groups in total. The van der Waals surface area contributed by atoms with Gasteiger partial charge in [-0.2, -0.15) is 0 Å². The second-order valence-electron chi connectivity index (χ2n) is 4.58. The van der Waals surface area contributed by atoms with Crippen molar-refractivity contribution in [3.8, 4) is 5.75 Å². The van der Waals surface area contributed by atoms with Crippen molar-refractivity contribution < 1.29 is 14.4 Å². The molecule has 2 aromatic rings. The Labute approximate surface area is 132 Å². The van der Waals surface area contributed by atoms with Crippen molar-refractivity contribution in [2.45, 2.75) is 19.6 Å². The van der Waals surface area contributed by atoms with Crippen LogP contribution in [0.2, 0.25) is 10.0 Å². The molecular weight excluding hydrogens is 315 g/mol. The fourth-order valence-electron chi connectivity index (χ4n) is 1.72. The van der Waals surface area contributed by atoms with Crippen LogP contribution in [0, 0.1) is 6.92 Å². The second kappa shape index (κ2) is 7.66. The number of hydrogen-bond acceptors (Lipinski definition) is 5. The van der Waals surface area contributed by atoms with Crippen LogP contribution in [0.15, 0.2) is 28.8 Å². The predicted molar refractivity (Wildman–Crippen MR) is 80.9 cm³/mol. The van der Waals surface area contributed by atoms with Crippen LogP contribution in [0.5, 0.6) is 5.75 Å². The molecular formula is C14H16Cl2N2O3. The standard InChI is InChI=1S/C14H16Cl2N2O3/c1-9-5-11(21-18-9)7-17-6-10(19)8-20-14-12(15)3-2-4-13(14)16/h2-5,10,17,19H,6-8H2,1H3. The number of hydrogen-bond donors (Lipinski definition) is 2. The maximum Gasteiger partial charge on any atom is 0.156 e. The number of aromatic nitrogens is 1.